The van der Waals surface area contributed by atoms with Crippen molar-refractivity contribution < 1.29 is 27.5 Å². The highest BCUT2D eigenvalue weighted by atomic mass is 32.2. The van der Waals surface area contributed by atoms with E-state index in [9.17, 15) is 22.4 Å². The van der Waals surface area contributed by atoms with E-state index in [2.05, 4.69) is 6.92 Å². The number of hydrogen-bond donors (Lipinski definition) is 1. The van der Waals surface area contributed by atoms with Gasteiger partial charge in [0.15, 0.2) is 11.6 Å². The molecule has 2 aromatic rings. The average Bonchev–Trinajstić information content (AvgIpc) is 2.73. The number of hydrogen-bond acceptors (Lipinski definition) is 2. The van der Waals surface area contributed by atoms with Crippen LogP contribution in [0, 0.1) is 17.6 Å². The summed E-state index contributed by atoms with van der Waals surface area (Å²) in [5, 5.41) is 8.38. The average molecular weight is 443 g/mol. The number of carbonyl (C=O) groups is 1. The minimum Gasteiger partial charge on any atom is -0.478 e. The normalized spacial score (nSPS) is 18.6. The molecule has 0 aromatic heterocycles. The Balaban J connectivity index is 0.000000297. The third-order valence-corrected chi connectivity index (χ3v) is 6.04. The molecule has 1 saturated carbocycles. The topological polar surface area (TPSA) is 37.3 Å². The van der Waals surface area contributed by atoms with E-state index in [0.717, 1.165) is 32.1 Å². The summed E-state index contributed by atoms with van der Waals surface area (Å²) < 4.78 is 52.5. The molecule has 1 N–H and O–H groups in total. The van der Waals surface area contributed by atoms with Gasteiger partial charge in [0.1, 0.15) is 0 Å². The minimum atomic E-state index is -2.74. The molecule has 0 saturated heterocycles. The van der Waals surface area contributed by atoms with Crippen LogP contribution in [0.1, 0.15) is 67.3 Å². The van der Waals surface area contributed by atoms with E-state index in [1.54, 1.807) is 30.3 Å². The van der Waals surface area contributed by atoms with Gasteiger partial charge in [-0.2, -0.15) is 8.78 Å². The van der Waals surface area contributed by atoms with E-state index in [1.807, 2.05) is 0 Å². The van der Waals surface area contributed by atoms with Crippen LogP contribution in [0.5, 0.6) is 0 Å². The van der Waals surface area contributed by atoms with Gasteiger partial charge in [-0.1, -0.05) is 55.8 Å². The van der Waals surface area contributed by atoms with E-state index in [1.165, 1.54) is 18.6 Å². The number of rotatable bonds is 6. The summed E-state index contributed by atoms with van der Waals surface area (Å²) in [5.41, 5.74) is 0.679. The number of halogens is 4. The zero-order valence-corrected chi connectivity index (χ0v) is 17.6. The summed E-state index contributed by atoms with van der Waals surface area (Å²) in [6.45, 7) is 2.15. The molecule has 0 atom stereocenters. The molecule has 0 aliphatic heterocycles. The van der Waals surface area contributed by atoms with Crippen LogP contribution in [-0.2, 0) is 0 Å². The van der Waals surface area contributed by atoms with Crippen molar-refractivity contribution in [1.29, 1.82) is 0 Å². The Bertz CT molecular complexity index is 806. The van der Waals surface area contributed by atoms with Crippen LogP contribution >= 0.6 is 11.8 Å². The Kier molecular flexibility index (Phi) is 9.69. The molecule has 1 fully saturated rings. The van der Waals surface area contributed by atoms with Crippen LogP contribution in [-0.4, -0.2) is 16.8 Å². The highest BCUT2D eigenvalue weighted by Gasteiger charge is 2.26. The van der Waals surface area contributed by atoms with Crippen molar-refractivity contribution in [2.45, 2.75) is 62.0 Å². The third kappa shape index (κ3) is 7.04. The lowest BCUT2D eigenvalue weighted by Crippen LogP contribution is -2.15. The molecule has 0 radical (unpaired) electrons. The quantitative estimate of drug-likeness (QED) is 0.367. The monoisotopic (exact) mass is 442 g/mol. The number of carboxylic acids is 1. The number of thioether (sulfide) groups is 1. The SMILES string of the molecule is CCC[C@H]1CC[C@H](c2ccc(SC(F)F)c(F)c2F)CC1.O=C(O)c1ccccc1. The fourth-order valence-corrected chi connectivity index (χ4v) is 4.33. The molecule has 0 amide bonds. The zero-order valence-electron chi connectivity index (χ0n) is 16.8. The van der Waals surface area contributed by atoms with E-state index in [4.69, 9.17) is 5.11 Å². The zero-order chi connectivity index (χ0) is 22.1. The molecule has 7 heteroatoms. The lowest BCUT2D eigenvalue weighted by atomic mass is 9.77. The van der Waals surface area contributed by atoms with E-state index >= 15 is 0 Å². The van der Waals surface area contributed by atoms with Crippen LogP contribution in [0.3, 0.4) is 0 Å². The number of benzene rings is 2. The van der Waals surface area contributed by atoms with Crippen molar-refractivity contribution in [3.63, 3.8) is 0 Å². The van der Waals surface area contributed by atoms with Crippen LogP contribution in [0.15, 0.2) is 47.4 Å². The molecule has 0 spiro atoms. The highest BCUT2D eigenvalue weighted by molar-refractivity contribution is 7.99. The molecule has 0 unspecified atom stereocenters. The second-order valence-electron chi connectivity index (χ2n) is 7.34. The van der Waals surface area contributed by atoms with E-state index in [0.29, 0.717) is 17.0 Å². The summed E-state index contributed by atoms with van der Waals surface area (Å²) >= 11 is 0.0532. The lowest BCUT2D eigenvalue weighted by Gasteiger charge is -2.29. The maximum absolute atomic E-state index is 14.1. The summed E-state index contributed by atoms with van der Waals surface area (Å²) in [4.78, 5) is 9.89. The Labute approximate surface area is 178 Å². The molecule has 1 aliphatic rings. The third-order valence-electron chi connectivity index (χ3n) is 5.30. The van der Waals surface area contributed by atoms with Gasteiger partial charge in [-0.15, -0.1) is 0 Å². The van der Waals surface area contributed by atoms with Gasteiger partial charge in [-0.25, -0.2) is 13.6 Å². The second kappa shape index (κ2) is 12.0. The van der Waals surface area contributed by atoms with Crippen LogP contribution < -0.4 is 0 Å². The van der Waals surface area contributed by atoms with Crippen molar-refractivity contribution in [2.24, 2.45) is 5.92 Å². The first-order valence-corrected chi connectivity index (χ1v) is 10.9. The predicted octanol–water partition coefficient (Wildman–Crippen LogP) is 7.74. The van der Waals surface area contributed by atoms with Gasteiger partial charge in [-0.05, 0) is 61.3 Å². The van der Waals surface area contributed by atoms with Crippen molar-refractivity contribution >= 4 is 17.7 Å². The number of alkyl halides is 2. The fourth-order valence-electron chi connectivity index (χ4n) is 3.80. The lowest BCUT2D eigenvalue weighted by molar-refractivity contribution is 0.0697. The first kappa shape index (κ1) is 24.3. The molecule has 164 valence electrons. The molecule has 0 heterocycles. The first-order valence-electron chi connectivity index (χ1n) is 10.0. The molecule has 2 aromatic carbocycles. The van der Waals surface area contributed by atoms with Crippen molar-refractivity contribution in [1.82, 2.24) is 0 Å². The van der Waals surface area contributed by atoms with Crippen LogP contribution in [0.4, 0.5) is 17.6 Å². The molecule has 1 aliphatic carbocycles. The van der Waals surface area contributed by atoms with Gasteiger partial charge in [-0.3, -0.25) is 0 Å². The largest absolute Gasteiger partial charge is 0.478 e. The Morgan fingerprint density at radius 2 is 1.67 bits per heavy atom. The van der Waals surface area contributed by atoms with Gasteiger partial charge in [0.25, 0.3) is 5.76 Å². The van der Waals surface area contributed by atoms with Crippen molar-refractivity contribution in [3.8, 4) is 0 Å². The summed E-state index contributed by atoms with van der Waals surface area (Å²) in [6.07, 6.45) is 6.11. The number of aromatic carboxylic acids is 1. The van der Waals surface area contributed by atoms with Crippen LogP contribution in [0.2, 0.25) is 0 Å². The maximum atomic E-state index is 14.1. The standard InChI is InChI=1S/C16H20F4S.C7H6O2/c1-2-3-10-4-6-11(7-5-10)12-8-9-13(21-16(19)20)15(18)14(12)17;8-7(9)6-4-2-1-3-5-6/h8-11,16H,2-7H2,1H3;1-5H,(H,8,9)/t10-,11-;. The molecule has 2 nitrogen and oxygen atoms in total. The molecular weight excluding hydrogens is 416 g/mol. The Morgan fingerprint density at radius 3 is 2.17 bits per heavy atom. The van der Waals surface area contributed by atoms with E-state index < -0.39 is 23.4 Å². The minimum absolute atomic E-state index is 0.0122. The van der Waals surface area contributed by atoms with Gasteiger partial charge >= 0.3 is 5.97 Å². The Hall–Kier alpha value is -2.02. The smallest absolute Gasteiger partial charge is 0.335 e. The van der Waals surface area contributed by atoms with Crippen LogP contribution in [0.25, 0.3) is 0 Å². The van der Waals surface area contributed by atoms with Crippen molar-refractivity contribution in [3.05, 3.63) is 65.2 Å². The molecule has 0 bridgehead atoms. The number of carboxylic acid groups (broad SMARTS) is 1. The van der Waals surface area contributed by atoms with E-state index in [-0.39, 0.29) is 22.6 Å². The molecule has 3 rings (SSSR count). The van der Waals surface area contributed by atoms with Gasteiger partial charge in [0.2, 0.25) is 0 Å². The first-order chi connectivity index (χ1) is 14.3. The second-order valence-corrected chi connectivity index (χ2v) is 8.37. The van der Waals surface area contributed by atoms with Gasteiger partial charge < -0.3 is 5.11 Å². The Morgan fingerprint density at radius 1 is 1.03 bits per heavy atom. The summed E-state index contributed by atoms with van der Waals surface area (Å²) in [5.74, 6) is -5.00. The highest BCUT2D eigenvalue weighted by Crippen LogP contribution is 2.40. The fraction of sp³-hybridized carbons (Fsp3) is 0.435. The van der Waals surface area contributed by atoms with Gasteiger partial charge in [0, 0.05) is 0 Å². The summed E-state index contributed by atoms with van der Waals surface area (Å²) in [7, 11) is 0. The summed E-state index contributed by atoms with van der Waals surface area (Å²) in [6, 6.07) is 11.1. The van der Waals surface area contributed by atoms with Gasteiger partial charge in [0.05, 0.1) is 10.5 Å². The maximum Gasteiger partial charge on any atom is 0.335 e. The predicted molar refractivity (Wildman–Crippen MR) is 111 cm³/mol. The van der Waals surface area contributed by atoms with Crippen molar-refractivity contribution in [2.75, 3.05) is 0 Å². The molecular formula is C23H26F4O2S. The molecule has 30 heavy (non-hydrogen) atoms.